The van der Waals surface area contributed by atoms with Crippen LogP contribution in [0.5, 0.6) is 0 Å². The van der Waals surface area contributed by atoms with Crippen LogP contribution in [0.3, 0.4) is 0 Å². The van der Waals surface area contributed by atoms with Gasteiger partial charge in [-0.3, -0.25) is 0 Å². The van der Waals surface area contributed by atoms with E-state index in [2.05, 4.69) is 34.0 Å². The summed E-state index contributed by atoms with van der Waals surface area (Å²) in [5.41, 5.74) is 2.09. The van der Waals surface area contributed by atoms with E-state index in [9.17, 15) is 0 Å². The molecule has 0 bridgehead atoms. The van der Waals surface area contributed by atoms with Crippen molar-refractivity contribution in [1.29, 1.82) is 0 Å². The first-order valence-electron chi connectivity index (χ1n) is 7.03. The number of aryl methyl sites for hydroxylation is 2. The molecular weight excluding hydrogens is 256 g/mol. The van der Waals surface area contributed by atoms with Crippen molar-refractivity contribution in [2.75, 3.05) is 38.5 Å². The predicted molar refractivity (Wildman–Crippen MR) is 82.9 cm³/mol. The summed E-state index contributed by atoms with van der Waals surface area (Å²) in [4.78, 5) is 11.3. The Morgan fingerprint density at radius 2 is 1.74 bits per heavy atom. The minimum absolute atomic E-state index is 0.892. The van der Waals surface area contributed by atoms with Crippen LogP contribution in [0.15, 0.2) is 11.2 Å². The first kappa shape index (κ1) is 16.4. The highest BCUT2D eigenvalue weighted by Gasteiger charge is 2.01. The Balaban J connectivity index is 2.14. The zero-order valence-electron chi connectivity index (χ0n) is 12.6. The van der Waals surface area contributed by atoms with Crippen LogP contribution in [0.25, 0.3) is 0 Å². The number of rotatable bonds is 9. The zero-order chi connectivity index (χ0) is 14.1. The summed E-state index contributed by atoms with van der Waals surface area (Å²) in [5.74, 6) is 1.02. The number of nitrogens with one attached hydrogen (secondary N) is 1. The van der Waals surface area contributed by atoms with Crippen molar-refractivity contribution in [3.8, 4) is 0 Å². The van der Waals surface area contributed by atoms with Crippen molar-refractivity contribution in [3.05, 3.63) is 17.5 Å². The van der Waals surface area contributed by atoms with Gasteiger partial charge in [0.2, 0.25) is 0 Å². The average Bonchev–Trinajstić information content (AvgIpc) is 2.37. The molecule has 1 aromatic heterocycles. The molecular formula is C14H26N4S. The molecule has 5 heteroatoms. The van der Waals surface area contributed by atoms with Gasteiger partial charge >= 0.3 is 0 Å². The molecule has 19 heavy (non-hydrogen) atoms. The molecule has 0 unspecified atom stereocenters. The summed E-state index contributed by atoms with van der Waals surface area (Å²) in [7, 11) is 0. The predicted octanol–water partition coefficient (Wildman–Crippen LogP) is 2.12. The maximum Gasteiger partial charge on any atom is 0.188 e. The van der Waals surface area contributed by atoms with Crippen molar-refractivity contribution in [2.45, 2.75) is 32.9 Å². The lowest BCUT2D eigenvalue weighted by molar-refractivity contribution is 0.303. The second-order valence-corrected chi connectivity index (χ2v) is 5.62. The van der Waals surface area contributed by atoms with Gasteiger partial charge in [0.1, 0.15) is 0 Å². The first-order valence-corrected chi connectivity index (χ1v) is 8.02. The van der Waals surface area contributed by atoms with Crippen LogP contribution < -0.4 is 5.32 Å². The Hall–Kier alpha value is -0.650. The highest BCUT2D eigenvalue weighted by molar-refractivity contribution is 7.99. The number of likely N-dealkylation sites (N-methyl/N-ethyl adjacent to an activating group) is 1. The van der Waals surface area contributed by atoms with Gasteiger partial charge < -0.3 is 10.2 Å². The molecule has 0 saturated carbocycles. The lowest BCUT2D eigenvalue weighted by atomic mass is 10.4. The standard InChI is InChI=1S/C14H26N4S/c1-5-18(6-2)9-7-15-8-10-19-14-16-12(3)11-13(4)17-14/h11,15H,5-10H2,1-4H3. The van der Waals surface area contributed by atoms with E-state index < -0.39 is 0 Å². The van der Waals surface area contributed by atoms with Crippen molar-refractivity contribution >= 4 is 11.8 Å². The third kappa shape index (κ3) is 6.89. The molecule has 0 fully saturated rings. The molecule has 1 heterocycles. The van der Waals surface area contributed by atoms with Crippen molar-refractivity contribution in [3.63, 3.8) is 0 Å². The fraction of sp³-hybridized carbons (Fsp3) is 0.714. The van der Waals surface area contributed by atoms with Crippen LogP contribution in [0.1, 0.15) is 25.2 Å². The Morgan fingerprint density at radius 3 is 2.32 bits per heavy atom. The topological polar surface area (TPSA) is 41.0 Å². The number of thioether (sulfide) groups is 1. The molecule has 1 N–H and O–H groups in total. The first-order chi connectivity index (χ1) is 9.15. The molecule has 0 aliphatic heterocycles. The third-order valence-corrected chi connectivity index (χ3v) is 3.82. The second kappa shape index (κ2) is 9.28. The van der Waals surface area contributed by atoms with Crippen molar-refractivity contribution in [1.82, 2.24) is 20.2 Å². The van der Waals surface area contributed by atoms with Crippen LogP contribution in [0.4, 0.5) is 0 Å². The smallest absolute Gasteiger partial charge is 0.188 e. The van der Waals surface area contributed by atoms with Gasteiger partial charge in [-0.1, -0.05) is 25.6 Å². The maximum atomic E-state index is 4.42. The van der Waals surface area contributed by atoms with E-state index >= 15 is 0 Å². The third-order valence-electron chi connectivity index (χ3n) is 2.97. The molecule has 0 radical (unpaired) electrons. The highest BCUT2D eigenvalue weighted by Crippen LogP contribution is 2.12. The molecule has 0 saturated heterocycles. The van der Waals surface area contributed by atoms with E-state index in [0.717, 1.165) is 55.0 Å². The van der Waals surface area contributed by atoms with E-state index in [1.807, 2.05) is 19.9 Å². The van der Waals surface area contributed by atoms with Gasteiger partial charge in [0.25, 0.3) is 0 Å². The number of hydrogen-bond donors (Lipinski definition) is 1. The van der Waals surface area contributed by atoms with Gasteiger partial charge in [-0.05, 0) is 33.0 Å². The minimum Gasteiger partial charge on any atom is -0.315 e. The van der Waals surface area contributed by atoms with Gasteiger partial charge in [-0.15, -0.1) is 0 Å². The number of hydrogen-bond acceptors (Lipinski definition) is 5. The molecule has 0 aliphatic rings. The number of nitrogens with zero attached hydrogens (tertiary/aromatic N) is 3. The monoisotopic (exact) mass is 282 g/mol. The molecule has 1 rings (SSSR count). The normalized spacial score (nSPS) is 11.2. The Bertz CT molecular complexity index is 346. The van der Waals surface area contributed by atoms with Gasteiger partial charge in [0, 0.05) is 36.8 Å². The Labute approximate surface area is 121 Å². The molecule has 1 aromatic rings. The molecule has 0 amide bonds. The van der Waals surface area contributed by atoms with E-state index in [1.165, 1.54) is 0 Å². The van der Waals surface area contributed by atoms with Gasteiger partial charge in [0.05, 0.1) is 0 Å². The average molecular weight is 282 g/mol. The Morgan fingerprint density at radius 1 is 1.11 bits per heavy atom. The van der Waals surface area contributed by atoms with Gasteiger partial charge in [-0.25, -0.2) is 9.97 Å². The molecule has 0 atom stereocenters. The lowest BCUT2D eigenvalue weighted by Crippen LogP contribution is -2.32. The van der Waals surface area contributed by atoms with E-state index in [1.54, 1.807) is 11.8 Å². The second-order valence-electron chi connectivity index (χ2n) is 4.56. The van der Waals surface area contributed by atoms with E-state index in [0.29, 0.717) is 0 Å². The van der Waals surface area contributed by atoms with Crippen molar-refractivity contribution < 1.29 is 0 Å². The van der Waals surface area contributed by atoms with E-state index in [-0.39, 0.29) is 0 Å². The summed E-state index contributed by atoms with van der Waals surface area (Å²) < 4.78 is 0. The summed E-state index contributed by atoms with van der Waals surface area (Å²) in [6.07, 6.45) is 0. The summed E-state index contributed by atoms with van der Waals surface area (Å²) >= 11 is 1.72. The van der Waals surface area contributed by atoms with E-state index in [4.69, 9.17) is 0 Å². The SMILES string of the molecule is CCN(CC)CCNCCSc1nc(C)cc(C)n1. The zero-order valence-corrected chi connectivity index (χ0v) is 13.4. The minimum atomic E-state index is 0.892. The van der Waals surface area contributed by atoms with Crippen LogP contribution in [0.2, 0.25) is 0 Å². The molecule has 0 aromatic carbocycles. The summed E-state index contributed by atoms with van der Waals surface area (Å²) in [5, 5.41) is 4.36. The molecule has 108 valence electrons. The van der Waals surface area contributed by atoms with Crippen molar-refractivity contribution in [2.24, 2.45) is 0 Å². The molecule has 0 aliphatic carbocycles. The summed E-state index contributed by atoms with van der Waals surface area (Å²) in [6, 6.07) is 2.01. The highest BCUT2D eigenvalue weighted by atomic mass is 32.2. The van der Waals surface area contributed by atoms with Gasteiger partial charge in [0.15, 0.2) is 5.16 Å². The Kier molecular flexibility index (Phi) is 8.02. The van der Waals surface area contributed by atoms with Gasteiger partial charge in [-0.2, -0.15) is 0 Å². The largest absolute Gasteiger partial charge is 0.315 e. The maximum absolute atomic E-state index is 4.42. The fourth-order valence-corrected chi connectivity index (χ4v) is 2.72. The quantitative estimate of drug-likeness (QED) is 0.427. The fourth-order valence-electron chi connectivity index (χ4n) is 1.87. The lowest BCUT2D eigenvalue weighted by Gasteiger charge is -2.17. The van der Waals surface area contributed by atoms with Crippen LogP contribution >= 0.6 is 11.8 Å². The van der Waals surface area contributed by atoms with Crippen LogP contribution in [0, 0.1) is 13.8 Å². The van der Waals surface area contributed by atoms with Crippen LogP contribution in [-0.2, 0) is 0 Å². The summed E-state index contributed by atoms with van der Waals surface area (Å²) in [6.45, 7) is 13.9. The van der Waals surface area contributed by atoms with Crippen LogP contribution in [-0.4, -0.2) is 53.3 Å². The molecule has 4 nitrogen and oxygen atoms in total. The number of aromatic nitrogens is 2. The molecule has 0 spiro atoms.